The number of hydrogen-bond donors (Lipinski definition) is 1. The Bertz CT molecular complexity index is 373. The molecule has 1 aliphatic heterocycles. The first-order chi connectivity index (χ1) is 7.53. The number of aromatic nitrogens is 2. The zero-order valence-electron chi connectivity index (χ0n) is 9.50. The molecule has 16 heavy (non-hydrogen) atoms. The Morgan fingerprint density at radius 2 is 2.31 bits per heavy atom. The van der Waals surface area contributed by atoms with E-state index in [1.165, 1.54) is 0 Å². The third kappa shape index (κ3) is 2.14. The first kappa shape index (κ1) is 12.0. The third-order valence-electron chi connectivity index (χ3n) is 2.79. The number of alkyl halides is 1. The van der Waals surface area contributed by atoms with Crippen molar-refractivity contribution in [3.63, 3.8) is 0 Å². The van der Waals surface area contributed by atoms with E-state index in [0.29, 0.717) is 25.3 Å². The van der Waals surface area contributed by atoms with Crippen LogP contribution in [0, 0.1) is 0 Å². The maximum absolute atomic E-state index is 14.4. The van der Waals surface area contributed by atoms with E-state index in [0.717, 1.165) is 11.0 Å². The molecule has 90 valence electrons. The minimum Gasteiger partial charge on any atom is -0.309 e. The number of rotatable bonds is 4. The Labute approximate surface area is 103 Å². The Morgan fingerprint density at radius 3 is 2.81 bits per heavy atom. The van der Waals surface area contributed by atoms with E-state index in [-0.39, 0.29) is 0 Å². The number of hydrogen-bond acceptors (Lipinski definition) is 3. The molecule has 1 N–H and O–H groups in total. The zero-order valence-corrected chi connectivity index (χ0v) is 11.1. The van der Waals surface area contributed by atoms with Gasteiger partial charge in [0, 0.05) is 19.6 Å². The summed E-state index contributed by atoms with van der Waals surface area (Å²) < 4.78 is 16.9. The van der Waals surface area contributed by atoms with Gasteiger partial charge in [0.05, 0.1) is 22.9 Å². The SMILES string of the molecule is CN(C)CCn1ncc(Br)c1C1(F)CNC1. The molecular weight excluding hydrogens is 275 g/mol. The molecule has 0 aliphatic carbocycles. The summed E-state index contributed by atoms with van der Waals surface area (Å²) >= 11 is 3.37. The second kappa shape index (κ2) is 4.43. The van der Waals surface area contributed by atoms with Gasteiger partial charge in [0.15, 0.2) is 5.67 Å². The molecule has 2 rings (SSSR count). The summed E-state index contributed by atoms with van der Waals surface area (Å²) in [5.74, 6) is 0. The average molecular weight is 291 g/mol. The van der Waals surface area contributed by atoms with Crippen LogP contribution in [0.4, 0.5) is 4.39 Å². The minimum atomic E-state index is -1.26. The van der Waals surface area contributed by atoms with Gasteiger partial charge in [0.2, 0.25) is 0 Å². The fraction of sp³-hybridized carbons (Fsp3) is 0.700. The van der Waals surface area contributed by atoms with Crippen molar-refractivity contribution in [3.05, 3.63) is 16.4 Å². The minimum absolute atomic E-state index is 0.374. The second-order valence-electron chi connectivity index (χ2n) is 4.44. The van der Waals surface area contributed by atoms with Gasteiger partial charge in [-0.1, -0.05) is 0 Å². The van der Waals surface area contributed by atoms with Crippen molar-refractivity contribution in [1.82, 2.24) is 20.0 Å². The number of nitrogens with zero attached hydrogens (tertiary/aromatic N) is 3. The maximum atomic E-state index is 14.4. The highest BCUT2D eigenvalue weighted by atomic mass is 79.9. The molecule has 0 unspecified atom stereocenters. The highest BCUT2D eigenvalue weighted by molar-refractivity contribution is 9.10. The molecule has 0 atom stereocenters. The van der Waals surface area contributed by atoms with E-state index >= 15 is 0 Å². The monoisotopic (exact) mass is 290 g/mol. The molecule has 1 aromatic rings. The number of likely N-dealkylation sites (N-methyl/N-ethyl adjacent to an activating group) is 1. The van der Waals surface area contributed by atoms with E-state index in [9.17, 15) is 4.39 Å². The Kier molecular flexibility index (Phi) is 3.32. The molecule has 1 fully saturated rings. The van der Waals surface area contributed by atoms with Crippen LogP contribution in [0.3, 0.4) is 0 Å². The van der Waals surface area contributed by atoms with Crippen molar-refractivity contribution in [2.75, 3.05) is 33.7 Å². The van der Waals surface area contributed by atoms with Gasteiger partial charge in [-0.05, 0) is 30.0 Å². The number of nitrogens with one attached hydrogen (secondary N) is 1. The predicted octanol–water partition coefficient (Wildman–Crippen LogP) is 0.975. The summed E-state index contributed by atoms with van der Waals surface area (Å²) in [6, 6.07) is 0. The maximum Gasteiger partial charge on any atom is 0.178 e. The van der Waals surface area contributed by atoms with E-state index in [4.69, 9.17) is 0 Å². The Balaban J connectivity index is 2.19. The van der Waals surface area contributed by atoms with Crippen molar-refractivity contribution in [1.29, 1.82) is 0 Å². The molecule has 1 saturated heterocycles. The van der Waals surface area contributed by atoms with Gasteiger partial charge in [-0.3, -0.25) is 4.68 Å². The van der Waals surface area contributed by atoms with Crippen LogP contribution in [0.2, 0.25) is 0 Å². The Hall–Kier alpha value is -0.460. The third-order valence-corrected chi connectivity index (χ3v) is 3.37. The van der Waals surface area contributed by atoms with Gasteiger partial charge >= 0.3 is 0 Å². The lowest BCUT2D eigenvalue weighted by atomic mass is 9.95. The fourth-order valence-corrected chi connectivity index (χ4v) is 2.44. The summed E-state index contributed by atoms with van der Waals surface area (Å²) in [5, 5.41) is 7.17. The quantitative estimate of drug-likeness (QED) is 0.897. The van der Waals surface area contributed by atoms with Crippen molar-refractivity contribution in [3.8, 4) is 0 Å². The molecule has 0 radical (unpaired) electrons. The van der Waals surface area contributed by atoms with Crippen molar-refractivity contribution in [2.24, 2.45) is 0 Å². The van der Waals surface area contributed by atoms with Crippen LogP contribution in [0.25, 0.3) is 0 Å². The van der Waals surface area contributed by atoms with Gasteiger partial charge in [-0.2, -0.15) is 5.10 Å². The molecule has 0 spiro atoms. The Morgan fingerprint density at radius 1 is 1.62 bits per heavy atom. The second-order valence-corrected chi connectivity index (χ2v) is 5.29. The van der Waals surface area contributed by atoms with E-state index in [1.807, 2.05) is 14.1 Å². The zero-order chi connectivity index (χ0) is 11.8. The lowest BCUT2D eigenvalue weighted by Crippen LogP contribution is -2.55. The molecular formula is C10H16BrFN4. The lowest BCUT2D eigenvalue weighted by molar-refractivity contribution is 0.0765. The van der Waals surface area contributed by atoms with Gasteiger partial charge in [-0.25, -0.2) is 4.39 Å². The van der Waals surface area contributed by atoms with Crippen LogP contribution in [-0.4, -0.2) is 48.4 Å². The van der Waals surface area contributed by atoms with E-state index in [2.05, 4.69) is 31.2 Å². The van der Waals surface area contributed by atoms with Crippen molar-refractivity contribution < 1.29 is 4.39 Å². The van der Waals surface area contributed by atoms with Crippen LogP contribution in [0.1, 0.15) is 5.69 Å². The summed E-state index contributed by atoms with van der Waals surface area (Å²) in [6.07, 6.45) is 1.67. The van der Waals surface area contributed by atoms with Crippen molar-refractivity contribution >= 4 is 15.9 Å². The van der Waals surface area contributed by atoms with E-state index < -0.39 is 5.67 Å². The largest absolute Gasteiger partial charge is 0.309 e. The van der Waals surface area contributed by atoms with E-state index in [1.54, 1.807) is 10.9 Å². The molecule has 1 aromatic heterocycles. The fourth-order valence-electron chi connectivity index (χ4n) is 1.78. The summed E-state index contributed by atoms with van der Waals surface area (Å²) in [7, 11) is 3.99. The standard InChI is InChI=1S/C10H16BrFN4/c1-15(2)3-4-16-9(8(11)5-14-16)10(12)6-13-7-10/h5,13H,3-4,6-7H2,1-2H3. The summed E-state index contributed by atoms with van der Waals surface area (Å²) in [5.41, 5.74) is -0.602. The van der Waals surface area contributed by atoms with Crippen LogP contribution in [-0.2, 0) is 12.2 Å². The normalized spacial score (nSPS) is 18.8. The van der Waals surface area contributed by atoms with Crippen molar-refractivity contribution in [2.45, 2.75) is 12.2 Å². The van der Waals surface area contributed by atoms with Crippen LogP contribution in [0.5, 0.6) is 0 Å². The lowest BCUT2D eigenvalue weighted by Gasteiger charge is -2.35. The molecule has 0 amide bonds. The summed E-state index contributed by atoms with van der Waals surface area (Å²) in [6.45, 7) is 2.31. The van der Waals surface area contributed by atoms with Gasteiger partial charge in [-0.15, -0.1) is 0 Å². The molecule has 4 nitrogen and oxygen atoms in total. The molecule has 6 heteroatoms. The summed E-state index contributed by atoms with van der Waals surface area (Å²) in [4.78, 5) is 2.06. The highest BCUT2D eigenvalue weighted by Crippen LogP contribution is 2.34. The van der Waals surface area contributed by atoms with Gasteiger partial charge in [0.25, 0.3) is 0 Å². The topological polar surface area (TPSA) is 33.1 Å². The average Bonchev–Trinajstić information content (AvgIpc) is 2.53. The molecule has 0 bridgehead atoms. The smallest absolute Gasteiger partial charge is 0.178 e. The van der Waals surface area contributed by atoms with Gasteiger partial charge < -0.3 is 10.2 Å². The highest BCUT2D eigenvalue weighted by Gasteiger charge is 2.43. The van der Waals surface area contributed by atoms with Crippen LogP contribution >= 0.6 is 15.9 Å². The first-order valence-electron chi connectivity index (χ1n) is 5.29. The number of halogens is 2. The van der Waals surface area contributed by atoms with Gasteiger partial charge in [0.1, 0.15) is 0 Å². The first-order valence-corrected chi connectivity index (χ1v) is 6.08. The van der Waals surface area contributed by atoms with Crippen LogP contribution < -0.4 is 5.32 Å². The van der Waals surface area contributed by atoms with Crippen LogP contribution in [0.15, 0.2) is 10.7 Å². The molecule has 0 aromatic carbocycles. The molecule has 0 saturated carbocycles. The molecule has 2 heterocycles. The molecule has 1 aliphatic rings. The predicted molar refractivity (Wildman–Crippen MR) is 64.1 cm³/mol.